The molecule has 0 bridgehead atoms. The van der Waals surface area contributed by atoms with Crippen molar-refractivity contribution >= 4 is 22.5 Å². The fourth-order valence-corrected chi connectivity index (χ4v) is 3.65. The summed E-state index contributed by atoms with van der Waals surface area (Å²) < 4.78 is 12.8. The predicted octanol–water partition coefficient (Wildman–Crippen LogP) is 3.07. The predicted molar refractivity (Wildman–Crippen MR) is 109 cm³/mol. The number of rotatable bonds is 5. The highest BCUT2D eigenvalue weighted by Crippen LogP contribution is 2.35. The second kappa shape index (κ2) is 7.24. The van der Waals surface area contributed by atoms with Crippen LogP contribution >= 0.6 is 0 Å². The number of nitrogens with zero attached hydrogens (tertiary/aromatic N) is 2. The molecule has 0 spiro atoms. The molecule has 0 radical (unpaired) electrons. The molecule has 1 N–H and O–H groups in total. The number of ether oxygens (including phenoxy) is 2. The second-order valence-corrected chi connectivity index (χ2v) is 7.36. The molecule has 2 aromatic carbocycles. The molecule has 1 aromatic heterocycles. The number of aryl methyl sites for hydroxylation is 1. The summed E-state index contributed by atoms with van der Waals surface area (Å²) in [7, 11) is 0. The maximum atomic E-state index is 12.9. The average molecular weight is 391 g/mol. The van der Waals surface area contributed by atoms with E-state index in [4.69, 9.17) is 9.47 Å². The molecule has 0 atom stereocenters. The van der Waals surface area contributed by atoms with Crippen LogP contribution in [0.2, 0.25) is 0 Å². The number of amides is 1. The van der Waals surface area contributed by atoms with Crippen molar-refractivity contribution in [3.05, 3.63) is 58.6 Å². The number of carbonyl (C=O) groups is 1. The molecule has 1 aliphatic heterocycles. The van der Waals surface area contributed by atoms with E-state index in [0.717, 1.165) is 12.8 Å². The van der Waals surface area contributed by atoms with Gasteiger partial charge in [-0.1, -0.05) is 12.1 Å². The fourth-order valence-electron chi connectivity index (χ4n) is 3.65. The maximum Gasteiger partial charge on any atom is 0.261 e. The zero-order chi connectivity index (χ0) is 19.8. The lowest BCUT2D eigenvalue weighted by Gasteiger charge is -2.19. The van der Waals surface area contributed by atoms with Gasteiger partial charge >= 0.3 is 0 Å². The maximum absolute atomic E-state index is 12.9. The second-order valence-electron chi connectivity index (χ2n) is 7.36. The molecule has 1 amide bonds. The van der Waals surface area contributed by atoms with Gasteiger partial charge in [-0.25, -0.2) is 4.98 Å². The number of fused-ring (bicyclic) bond motifs is 2. The van der Waals surface area contributed by atoms with Crippen molar-refractivity contribution in [2.75, 3.05) is 18.5 Å². The van der Waals surface area contributed by atoms with Gasteiger partial charge in [0.2, 0.25) is 5.91 Å². The highest BCUT2D eigenvalue weighted by Gasteiger charge is 2.28. The quantitative estimate of drug-likeness (QED) is 0.723. The first-order valence-electron chi connectivity index (χ1n) is 9.89. The Morgan fingerprint density at radius 2 is 1.90 bits per heavy atom. The van der Waals surface area contributed by atoms with Gasteiger partial charge in [-0.3, -0.25) is 14.2 Å². The minimum Gasteiger partial charge on any atom is -0.486 e. The number of hydrogen-bond donors (Lipinski definition) is 1. The molecule has 1 fully saturated rings. The summed E-state index contributed by atoms with van der Waals surface area (Å²) in [6.45, 7) is 1.02. The molecule has 5 rings (SSSR count). The fraction of sp³-hybridized carbons (Fsp3) is 0.318. The van der Waals surface area contributed by atoms with Crippen LogP contribution in [0.1, 0.15) is 31.1 Å². The van der Waals surface area contributed by atoms with Crippen LogP contribution < -0.4 is 20.3 Å². The van der Waals surface area contributed by atoms with Crippen molar-refractivity contribution in [3.63, 3.8) is 0 Å². The van der Waals surface area contributed by atoms with Crippen LogP contribution in [0.5, 0.6) is 11.5 Å². The number of para-hydroxylation sites is 1. The van der Waals surface area contributed by atoms with Crippen LogP contribution in [0.4, 0.5) is 5.69 Å². The molecule has 1 saturated carbocycles. The summed E-state index contributed by atoms with van der Waals surface area (Å²) in [5.74, 6) is 1.86. The number of nitrogens with one attached hydrogen (secondary N) is 1. The average Bonchev–Trinajstić information content (AvgIpc) is 3.57. The lowest BCUT2D eigenvalue weighted by molar-refractivity contribution is -0.116. The summed E-state index contributed by atoms with van der Waals surface area (Å²) in [5, 5.41) is 3.52. The molecule has 7 heteroatoms. The van der Waals surface area contributed by atoms with Gasteiger partial charge in [0.15, 0.2) is 11.5 Å². The van der Waals surface area contributed by atoms with E-state index in [1.54, 1.807) is 22.8 Å². The topological polar surface area (TPSA) is 82.5 Å². The number of anilines is 1. The van der Waals surface area contributed by atoms with E-state index in [0.29, 0.717) is 53.5 Å². The van der Waals surface area contributed by atoms with Crippen molar-refractivity contribution in [1.82, 2.24) is 9.55 Å². The molecule has 3 aromatic rings. The van der Waals surface area contributed by atoms with Crippen molar-refractivity contribution < 1.29 is 14.3 Å². The van der Waals surface area contributed by atoms with Gasteiger partial charge in [-0.05, 0) is 37.1 Å². The van der Waals surface area contributed by atoms with Gasteiger partial charge < -0.3 is 14.8 Å². The van der Waals surface area contributed by atoms with Crippen LogP contribution in [0.15, 0.2) is 47.3 Å². The molecule has 7 nitrogen and oxygen atoms in total. The molecular weight excluding hydrogens is 370 g/mol. The molecule has 1 aliphatic carbocycles. The first kappa shape index (κ1) is 17.7. The third-order valence-electron chi connectivity index (χ3n) is 5.19. The SMILES string of the molecule is O=C(CCc1nc2ccccc2c(=O)n1C1CC1)Nc1ccc2c(c1)OCCO2. The van der Waals surface area contributed by atoms with E-state index in [9.17, 15) is 9.59 Å². The monoisotopic (exact) mass is 391 g/mol. The minimum atomic E-state index is -0.133. The van der Waals surface area contributed by atoms with E-state index >= 15 is 0 Å². The lowest BCUT2D eigenvalue weighted by atomic mass is 10.2. The standard InChI is InChI=1S/C22H21N3O4/c26-21(23-14-5-8-18-19(13-14)29-12-11-28-18)10-9-20-24-17-4-2-1-3-16(17)22(27)25(20)15-6-7-15/h1-5,8,13,15H,6-7,9-12H2,(H,23,26). The van der Waals surface area contributed by atoms with Gasteiger partial charge in [-0.2, -0.15) is 0 Å². The summed E-state index contributed by atoms with van der Waals surface area (Å²) in [6.07, 6.45) is 2.62. The molecule has 0 saturated heterocycles. The normalized spacial score (nSPS) is 15.3. The van der Waals surface area contributed by atoms with Crippen LogP contribution in [0, 0.1) is 0 Å². The summed E-state index contributed by atoms with van der Waals surface area (Å²) >= 11 is 0. The van der Waals surface area contributed by atoms with E-state index in [-0.39, 0.29) is 23.9 Å². The van der Waals surface area contributed by atoms with Gasteiger partial charge in [0.25, 0.3) is 5.56 Å². The Hall–Kier alpha value is -3.35. The summed E-state index contributed by atoms with van der Waals surface area (Å²) in [5.41, 5.74) is 1.32. The third-order valence-corrected chi connectivity index (χ3v) is 5.19. The number of aromatic nitrogens is 2. The van der Waals surface area contributed by atoms with E-state index in [1.807, 2.05) is 24.3 Å². The summed E-state index contributed by atoms with van der Waals surface area (Å²) in [4.78, 5) is 30.1. The van der Waals surface area contributed by atoms with Crippen LogP contribution in [0.25, 0.3) is 10.9 Å². The third kappa shape index (κ3) is 3.55. The van der Waals surface area contributed by atoms with E-state index < -0.39 is 0 Å². The Kier molecular flexibility index (Phi) is 4.42. The Labute approximate surface area is 167 Å². The van der Waals surface area contributed by atoms with Crippen molar-refractivity contribution in [2.45, 2.75) is 31.7 Å². The number of hydrogen-bond acceptors (Lipinski definition) is 5. The van der Waals surface area contributed by atoms with Gasteiger partial charge in [0, 0.05) is 30.6 Å². The lowest BCUT2D eigenvalue weighted by Crippen LogP contribution is -2.25. The Balaban J connectivity index is 1.33. The number of carbonyl (C=O) groups excluding carboxylic acids is 1. The van der Waals surface area contributed by atoms with Crippen LogP contribution in [-0.2, 0) is 11.2 Å². The molecule has 29 heavy (non-hydrogen) atoms. The minimum absolute atomic E-state index is 0.0136. The first-order valence-corrected chi connectivity index (χ1v) is 9.89. The zero-order valence-corrected chi connectivity index (χ0v) is 15.9. The highest BCUT2D eigenvalue weighted by molar-refractivity contribution is 5.91. The number of benzene rings is 2. The first-order chi connectivity index (χ1) is 14.2. The summed E-state index contributed by atoms with van der Waals surface area (Å²) in [6, 6.07) is 12.9. The van der Waals surface area contributed by atoms with Crippen molar-refractivity contribution in [3.8, 4) is 11.5 Å². The van der Waals surface area contributed by atoms with Gasteiger partial charge in [0.1, 0.15) is 19.0 Å². The van der Waals surface area contributed by atoms with Crippen LogP contribution in [-0.4, -0.2) is 28.7 Å². The largest absolute Gasteiger partial charge is 0.486 e. The van der Waals surface area contributed by atoms with Crippen LogP contribution in [0.3, 0.4) is 0 Å². The Morgan fingerprint density at radius 3 is 2.72 bits per heavy atom. The smallest absolute Gasteiger partial charge is 0.261 e. The zero-order valence-electron chi connectivity index (χ0n) is 15.9. The molecule has 2 aliphatic rings. The molecule has 148 valence electrons. The van der Waals surface area contributed by atoms with Gasteiger partial charge in [-0.15, -0.1) is 0 Å². The van der Waals surface area contributed by atoms with E-state index in [1.165, 1.54) is 0 Å². The molecule has 0 unspecified atom stereocenters. The van der Waals surface area contributed by atoms with Gasteiger partial charge in [0.05, 0.1) is 10.9 Å². The van der Waals surface area contributed by atoms with Crippen molar-refractivity contribution in [1.29, 1.82) is 0 Å². The van der Waals surface area contributed by atoms with Crippen molar-refractivity contribution in [2.24, 2.45) is 0 Å². The highest BCUT2D eigenvalue weighted by atomic mass is 16.6. The Morgan fingerprint density at radius 1 is 1.10 bits per heavy atom. The molecular formula is C22H21N3O4. The van der Waals surface area contributed by atoms with E-state index in [2.05, 4.69) is 10.3 Å². The Bertz CT molecular complexity index is 1150. The molecule has 2 heterocycles.